The minimum atomic E-state index is -0.00574. The van der Waals surface area contributed by atoms with E-state index in [-0.39, 0.29) is 17.6 Å². The Balaban J connectivity index is 3.23. The molecule has 1 heterocycles. The van der Waals surface area contributed by atoms with Gasteiger partial charge in [0.25, 0.3) is 0 Å². The van der Waals surface area contributed by atoms with Crippen molar-refractivity contribution in [2.75, 3.05) is 0 Å². The van der Waals surface area contributed by atoms with Crippen LogP contribution in [0.25, 0.3) is 0 Å². The largest absolute Gasteiger partial charge is 0.294 e. The molecule has 0 aliphatic rings. The molecule has 3 nitrogen and oxygen atoms in total. The fourth-order valence-electron chi connectivity index (χ4n) is 1.43. The lowest BCUT2D eigenvalue weighted by molar-refractivity contribution is 0.0937. The van der Waals surface area contributed by atoms with Crippen LogP contribution in [0.5, 0.6) is 0 Å². The Bertz CT molecular complexity index is 370. The first-order valence-corrected chi connectivity index (χ1v) is 5.31. The molecule has 82 valence electrons. The van der Waals surface area contributed by atoms with Gasteiger partial charge >= 0.3 is 0 Å². The Morgan fingerprint density at radius 2 is 1.87 bits per heavy atom. The maximum absolute atomic E-state index is 11.9. The zero-order valence-electron chi connectivity index (χ0n) is 10.0. The number of aromatic nitrogens is 2. The normalized spacial score (nSPS) is 11.1. The Labute approximate surface area is 91.0 Å². The smallest absolute Gasteiger partial charge is 0.168 e. The first-order valence-electron chi connectivity index (χ1n) is 5.31. The van der Waals surface area contributed by atoms with Crippen LogP contribution in [0.15, 0.2) is 6.20 Å². The van der Waals surface area contributed by atoms with Crippen molar-refractivity contribution in [1.82, 2.24) is 9.97 Å². The highest BCUT2D eigenvalue weighted by Gasteiger charge is 2.18. The van der Waals surface area contributed by atoms with Crippen molar-refractivity contribution in [2.24, 2.45) is 5.92 Å². The van der Waals surface area contributed by atoms with Crippen LogP contribution in [0, 0.1) is 12.8 Å². The van der Waals surface area contributed by atoms with Crippen LogP contribution in [-0.2, 0) is 0 Å². The number of Topliss-reactive ketones (excluding diaryl/α,β-unsaturated/α-hetero) is 1. The van der Waals surface area contributed by atoms with Crippen molar-refractivity contribution in [3.05, 3.63) is 23.3 Å². The number of rotatable bonds is 3. The molecule has 0 amide bonds. The molecule has 1 aromatic heterocycles. The number of aryl methyl sites for hydroxylation is 1. The molecule has 0 aliphatic carbocycles. The average Bonchev–Trinajstić information content (AvgIpc) is 2.16. The van der Waals surface area contributed by atoms with Crippen LogP contribution < -0.4 is 0 Å². The number of hydrogen-bond acceptors (Lipinski definition) is 3. The molecular formula is C12H18N2O. The van der Waals surface area contributed by atoms with Crippen LogP contribution in [-0.4, -0.2) is 15.8 Å². The molecule has 0 bridgehead atoms. The van der Waals surface area contributed by atoms with E-state index in [1.54, 1.807) is 6.20 Å². The monoisotopic (exact) mass is 206 g/mol. The molecule has 3 heteroatoms. The zero-order valence-corrected chi connectivity index (χ0v) is 10.0. The van der Waals surface area contributed by atoms with Crippen molar-refractivity contribution in [1.29, 1.82) is 0 Å². The highest BCUT2D eigenvalue weighted by atomic mass is 16.1. The molecule has 0 radical (unpaired) electrons. The van der Waals surface area contributed by atoms with E-state index >= 15 is 0 Å². The maximum atomic E-state index is 11.9. The van der Waals surface area contributed by atoms with Crippen molar-refractivity contribution < 1.29 is 4.79 Å². The summed E-state index contributed by atoms with van der Waals surface area (Å²) in [5.74, 6) is 1.09. The lowest BCUT2D eigenvalue weighted by Gasteiger charge is -2.12. The van der Waals surface area contributed by atoms with Gasteiger partial charge in [-0.05, 0) is 12.8 Å². The summed E-state index contributed by atoms with van der Waals surface area (Å²) in [6.45, 7) is 9.71. The van der Waals surface area contributed by atoms with Gasteiger partial charge in [0.05, 0.1) is 11.3 Å². The Morgan fingerprint density at radius 1 is 1.27 bits per heavy atom. The Kier molecular flexibility index (Phi) is 3.56. The summed E-state index contributed by atoms with van der Waals surface area (Å²) < 4.78 is 0. The van der Waals surface area contributed by atoms with Crippen molar-refractivity contribution in [2.45, 2.75) is 40.5 Å². The summed E-state index contributed by atoms with van der Waals surface area (Å²) in [7, 11) is 0. The third-order valence-electron chi connectivity index (χ3n) is 2.28. The van der Waals surface area contributed by atoms with Gasteiger partial charge in [0.1, 0.15) is 5.82 Å². The minimum Gasteiger partial charge on any atom is -0.294 e. The third-order valence-corrected chi connectivity index (χ3v) is 2.28. The summed E-state index contributed by atoms with van der Waals surface area (Å²) in [5.41, 5.74) is 1.53. The fourth-order valence-corrected chi connectivity index (χ4v) is 1.43. The molecule has 0 aromatic carbocycles. The number of hydrogen-bond donors (Lipinski definition) is 0. The minimum absolute atomic E-state index is 0.00574. The Morgan fingerprint density at radius 3 is 2.33 bits per heavy atom. The van der Waals surface area contributed by atoms with Gasteiger partial charge in [-0.1, -0.05) is 27.7 Å². The van der Waals surface area contributed by atoms with Gasteiger partial charge in [0.2, 0.25) is 0 Å². The second-order valence-corrected chi connectivity index (χ2v) is 4.39. The van der Waals surface area contributed by atoms with E-state index < -0.39 is 0 Å². The quantitative estimate of drug-likeness (QED) is 0.714. The number of carbonyl (C=O) groups is 1. The van der Waals surface area contributed by atoms with E-state index in [1.807, 2.05) is 34.6 Å². The van der Waals surface area contributed by atoms with E-state index in [1.165, 1.54) is 0 Å². The van der Waals surface area contributed by atoms with Gasteiger partial charge in [-0.3, -0.25) is 4.79 Å². The van der Waals surface area contributed by atoms with E-state index in [4.69, 9.17) is 0 Å². The van der Waals surface area contributed by atoms with E-state index in [9.17, 15) is 4.79 Å². The number of ketones is 1. The molecule has 0 saturated carbocycles. The van der Waals surface area contributed by atoms with Gasteiger partial charge in [-0.2, -0.15) is 0 Å². The first kappa shape index (κ1) is 11.8. The van der Waals surface area contributed by atoms with Crippen LogP contribution in [0.3, 0.4) is 0 Å². The predicted octanol–water partition coefficient (Wildman–Crippen LogP) is 2.75. The van der Waals surface area contributed by atoms with Crippen LogP contribution >= 0.6 is 0 Å². The lowest BCUT2D eigenvalue weighted by atomic mass is 9.96. The molecule has 0 atom stereocenters. The van der Waals surface area contributed by atoms with Crippen LogP contribution in [0.4, 0.5) is 0 Å². The highest BCUT2D eigenvalue weighted by Crippen LogP contribution is 2.19. The van der Waals surface area contributed by atoms with Crippen LogP contribution in [0.2, 0.25) is 0 Å². The molecule has 0 aliphatic heterocycles. The Hall–Kier alpha value is -1.25. The van der Waals surface area contributed by atoms with E-state index in [0.717, 1.165) is 11.5 Å². The third kappa shape index (κ3) is 2.61. The molecule has 1 aromatic rings. The van der Waals surface area contributed by atoms with Gasteiger partial charge in [0.15, 0.2) is 5.78 Å². The van der Waals surface area contributed by atoms with Crippen molar-refractivity contribution in [3.8, 4) is 0 Å². The van der Waals surface area contributed by atoms with Crippen LogP contribution in [0.1, 0.15) is 55.5 Å². The van der Waals surface area contributed by atoms with Crippen molar-refractivity contribution in [3.63, 3.8) is 0 Å². The average molecular weight is 206 g/mol. The van der Waals surface area contributed by atoms with E-state index in [0.29, 0.717) is 5.56 Å². The summed E-state index contributed by atoms with van der Waals surface area (Å²) in [5, 5.41) is 0. The summed E-state index contributed by atoms with van der Waals surface area (Å²) in [4.78, 5) is 20.3. The van der Waals surface area contributed by atoms with Gasteiger partial charge in [0, 0.05) is 12.1 Å². The van der Waals surface area contributed by atoms with Gasteiger partial charge in [-0.25, -0.2) is 9.97 Å². The molecule has 0 saturated heterocycles. The van der Waals surface area contributed by atoms with E-state index in [2.05, 4.69) is 9.97 Å². The summed E-state index contributed by atoms with van der Waals surface area (Å²) in [6, 6.07) is 0. The summed E-state index contributed by atoms with van der Waals surface area (Å²) in [6.07, 6.45) is 1.65. The molecule has 1 rings (SSSR count). The lowest BCUT2D eigenvalue weighted by Crippen LogP contribution is -2.14. The molecule has 0 spiro atoms. The molecule has 15 heavy (non-hydrogen) atoms. The van der Waals surface area contributed by atoms with Crippen molar-refractivity contribution >= 4 is 5.78 Å². The molecule has 0 fully saturated rings. The first-order chi connectivity index (χ1) is 6.93. The van der Waals surface area contributed by atoms with Gasteiger partial charge < -0.3 is 0 Å². The predicted molar refractivity (Wildman–Crippen MR) is 60.0 cm³/mol. The van der Waals surface area contributed by atoms with Gasteiger partial charge in [-0.15, -0.1) is 0 Å². The highest BCUT2D eigenvalue weighted by molar-refractivity contribution is 5.98. The second-order valence-electron chi connectivity index (χ2n) is 4.39. The number of carbonyl (C=O) groups excluding carboxylic acids is 1. The molecule has 0 N–H and O–H groups in total. The fraction of sp³-hybridized carbons (Fsp3) is 0.583. The zero-order chi connectivity index (χ0) is 11.6. The second kappa shape index (κ2) is 4.51. The maximum Gasteiger partial charge on any atom is 0.168 e. The topological polar surface area (TPSA) is 42.9 Å². The molecule has 0 unspecified atom stereocenters. The molecular weight excluding hydrogens is 188 g/mol. The number of nitrogens with zero attached hydrogens (tertiary/aromatic N) is 2. The SMILES string of the molecule is Cc1ncc(C(=O)C(C)C)c(C(C)C)n1. The summed E-state index contributed by atoms with van der Waals surface area (Å²) >= 11 is 0. The standard InChI is InChI=1S/C12H18N2O/c1-7(2)11-10(12(15)8(3)4)6-13-9(5)14-11/h6-8H,1-5H3.